The van der Waals surface area contributed by atoms with Crippen LogP contribution in [-0.2, 0) is 16.0 Å². The van der Waals surface area contributed by atoms with Crippen molar-refractivity contribution in [3.05, 3.63) is 64.3 Å². The van der Waals surface area contributed by atoms with Gasteiger partial charge in [-0.2, -0.15) is 5.26 Å². The molecule has 2 aliphatic rings. The summed E-state index contributed by atoms with van der Waals surface area (Å²) >= 11 is 6.14. The van der Waals surface area contributed by atoms with Crippen LogP contribution in [0.2, 0.25) is 5.02 Å². The van der Waals surface area contributed by atoms with Crippen LogP contribution < -0.4 is 10.1 Å². The second-order valence-electron chi connectivity index (χ2n) is 10.1. The van der Waals surface area contributed by atoms with Gasteiger partial charge in [0.15, 0.2) is 5.78 Å². The third-order valence-electron chi connectivity index (χ3n) is 7.44. The van der Waals surface area contributed by atoms with Gasteiger partial charge in [0.2, 0.25) is 5.91 Å². The van der Waals surface area contributed by atoms with Crippen LogP contribution in [-0.4, -0.2) is 35.6 Å². The van der Waals surface area contributed by atoms with Crippen molar-refractivity contribution in [3.8, 4) is 11.8 Å². The van der Waals surface area contributed by atoms with E-state index in [-0.39, 0.29) is 30.3 Å². The summed E-state index contributed by atoms with van der Waals surface area (Å²) in [5.74, 6) is -0.419. The van der Waals surface area contributed by atoms with Crippen molar-refractivity contribution >= 4 is 40.0 Å². The van der Waals surface area contributed by atoms with E-state index in [1.54, 1.807) is 25.3 Å². The number of nitrogens with zero attached hydrogens (tertiary/aromatic N) is 1. The molecule has 1 heterocycles. The molecule has 190 valence electrons. The average Bonchev–Trinajstić information content (AvgIpc) is 3.51. The number of aromatic amines is 1. The van der Waals surface area contributed by atoms with E-state index in [1.807, 2.05) is 24.3 Å². The Hall–Kier alpha value is -3.63. The third kappa shape index (κ3) is 5.40. The van der Waals surface area contributed by atoms with Crippen molar-refractivity contribution in [2.24, 2.45) is 11.8 Å². The number of rotatable bonds is 10. The highest BCUT2D eigenvalue weighted by molar-refractivity contribution is 6.30. The summed E-state index contributed by atoms with van der Waals surface area (Å²) in [6, 6.07) is 14.0. The number of nitrogens with one attached hydrogen (secondary N) is 2. The van der Waals surface area contributed by atoms with Gasteiger partial charge in [-0.3, -0.25) is 14.4 Å². The number of H-pyrrole nitrogens is 1. The number of ether oxygens (including phenoxy) is 1. The number of hydrogen-bond acceptors (Lipinski definition) is 5. The van der Waals surface area contributed by atoms with E-state index in [0.29, 0.717) is 35.2 Å². The van der Waals surface area contributed by atoms with Crippen LogP contribution >= 0.6 is 11.6 Å². The maximum Gasteiger partial charge on any atom is 0.224 e. The van der Waals surface area contributed by atoms with Crippen molar-refractivity contribution in [1.82, 2.24) is 10.3 Å². The Morgan fingerprint density at radius 3 is 2.76 bits per heavy atom. The molecular formula is C29H28ClN3O4. The standard InChI is InChI=1S/C29H28ClN3O4/c1-37-28-4-2-3-24-23(28)14-25(33-24)27(35)11-18(9-16-5-6-16)29(36)32-20(15-31)13-22-21-12-19(30)8-7-17(21)10-26(22)34/h2-4,7-8,12,14,16,18,20,22,33H,5-6,9-11,13H2,1H3,(H,32,36). The van der Waals surface area contributed by atoms with E-state index in [2.05, 4.69) is 16.4 Å². The first-order valence-electron chi connectivity index (χ1n) is 12.6. The lowest BCUT2D eigenvalue weighted by molar-refractivity contribution is -0.126. The van der Waals surface area contributed by atoms with E-state index in [4.69, 9.17) is 16.3 Å². The van der Waals surface area contributed by atoms with Gasteiger partial charge in [-0.05, 0) is 60.2 Å². The zero-order valence-corrected chi connectivity index (χ0v) is 21.3. The molecule has 1 amide bonds. The topological polar surface area (TPSA) is 112 Å². The number of carbonyl (C=O) groups excluding carboxylic acids is 3. The number of aromatic nitrogens is 1. The SMILES string of the molecule is COc1cccc2[nH]c(C(=O)CC(CC3CC3)C(=O)NC(C#N)CC3C(=O)Cc4ccc(Cl)cc43)cc12. The molecule has 0 bridgehead atoms. The van der Waals surface area contributed by atoms with Crippen molar-refractivity contribution < 1.29 is 19.1 Å². The van der Waals surface area contributed by atoms with E-state index in [1.165, 1.54) is 0 Å². The molecule has 2 aliphatic carbocycles. The summed E-state index contributed by atoms with van der Waals surface area (Å²) in [4.78, 5) is 42.3. The molecule has 3 unspecified atom stereocenters. The fourth-order valence-electron chi connectivity index (χ4n) is 5.29. The molecule has 5 rings (SSSR count). The molecule has 1 aromatic heterocycles. The van der Waals surface area contributed by atoms with Gasteiger partial charge >= 0.3 is 0 Å². The third-order valence-corrected chi connectivity index (χ3v) is 7.68. The van der Waals surface area contributed by atoms with Crippen LogP contribution in [0.25, 0.3) is 10.9 Å². The lowest BCUT2D eigenvalue weighted by atomic mass is 9.91. The highest BCUT2D eigenvalue weighted by Crippen LogP contribution is 2.38. The maximum absolute atomic E-state index is 13.3. The van der Waals surface area contributed by atoms with Crippen LogP contribution in [0.3, 0.4) is 0 Å². The summed E-state index contributed by atoms with van der Waals surface area (Å²) < 4.78 is 5.39. The molecule has 0 spiro atoms. The second kappa shape index (κ2) is 10.4. The second-order valence-corrected chi connectivity index (χ2v) is 10.5. The average molecular weight is 518 g/mol. The number of fused-ring (bicyclic) bond motifs is 2. The Morgan fingerprint density at radius 2 is 2.03 bits per heavy atom. The zero-order chi connectivity index (χ0) is 26.1. The van der Waals surface area contributed by atoms with Crippen molar-refractivity contribution in [1.29, 1.82) is 5.26 Å². The number of carbonyl (C=O) groups is 3. The first-order chi connectivity index (χ1) is 17.9. The van der Waals surface area contributed by atoms with Crippen molar-refractivity contribution in [2.45, 2.75) is 50.5 Å². The van der Waals surface area contributed by atoms with Gasteiger partial charge in [0.05, 0.1) is 18.9 Å². The van der Waals surface area contributed by atoms with Gasteiger partial charge in [0.1, 0.15) is 17.6 Å². The lowest BCUT2D eigenvalue weighted by Crippen LogP contribution is -2.40. The van der Waals surface area contributed by atoms with Crippen LogP contribution in [0.15, 0.2) is 42.5 Å². The summed E-state index contributed by atoms with van der Waals surface area (Å²) in [7, 11) is 1.58. The van der Waals surface area contributed by atoms with Gasteiger partial charge in [-0.25, -0.2) is 0 Å². The molecule has 3 aromatic rings. The number of benzene rings is 2. The van der Waals surface area contributed by atoms with Gasteiger partial charge < -0.3 is 15.0 Å². The summed E-state index contributed by atoms with van der Waals surface area (Å²) in [5.41, 5.74) is 2.95. The van der Waals surface area contributed by atoms with E-state index in [0.717, 1.165) is 34.9 Å². The number of methoxy groups -OCH3 is 1. The van der Waals surface area contributed by atoms with Crippen LogP contribution in [0, 0.1) is 23.2 Å². The maximum atomic E-state index is 13.3. The van der Waals surface area contributed by atoms with Crippen LogP contribution in [0.4, 0.5) is 0 Å². The molecule has 1 fully saturated rings. The Morgan fingerprint density at radius 1 is 1.22 bits per heavy atom. The number of Topliss-reactive ketones (excluding diaryl/α,β-unsaturated/α-hetero) is 2. The summed E-state index contributed by atoms with van der Waals surface area (Å²) in [5, 5.41) is 14.0. The largest absolute Gasteiger partial charge is 0.496 e. The Balaban J connectivity index is 1.29. The van der Waals surface area contributed by atoms with E-state index < -0.39 is 17.9 Å². The number of ketones is 2. The molecule has 0 saturated heterocycles. The molecule has 2 N–H and O–H groups in total. The summed E-state index contributed by atoms with van der Waals surface area (Å²) in [6.07, 6.45) is 3.20. The Labute approximate surface area is 220 Å². The normalized spacial score (nSPS) is 18.2. The molecule has 3 atom stereocenters. The minimum atomic E-state index is -0.847. The first kappa shape index (κ1) is 25.0. The monoisotopic (exact) mass is 517 g/mol. The van der Waals surface area contributed by atoms with Crippen molar-refractivity contribution in [3.63, 3.8) is 0 Å². The minimum absolute atomic E-state index is 0.0192. The first-order valence-corrected chi connectivity index (χ1v) is 12.9. The van der Waals surface area contributed by atoms with Gasteiger partial charge in [-0.15, -0.1) is 0 Å². The van der Waals surface area contributed by atoms with Crippen LogP contribution in [0.5, 0.6) is 5.75 Å². The van der Waals surface area contributed by atoms with Gasteiger partial charge in [-0.1, -0.05) is 36.6 Å². The molecule has 2 aromatic carbocycles. The number of amides is 1. The molecule has 8 heteroatoms. The predicted octanol–water partition coefficient (Wildman–Crippen LogP) is 5.13. The fourth-order valence-corrected chi connectivity index (χ4v) is 5.47. The molecule has 37 heavy (non-hydrogen) atoms. The number of halogens is 1. The molecular weight excluding hydrogens is 490 g/mol. The molecule has 0 radical (unpaired) electrons. The van der Waals surface area contributed by atoms with E-state index >= 15 is 0 Å². The van der Waals surface area contributed by atoms with Gasteiger partial charge in [0, 0.05) is 40.6 Å². The zero-order valence-electron chi connectivity index (χ0n) is 20.6. The fraction of sp³-hybridized carbons (Fsp3) is 0.379. The molecule has 0 aliphatic heterocycles. The molecule has 1 saturated carbocycles. The summed E-state index contributed by atoms with van der Waals surface area (Å²) in [6.45, 7) is 0. The van der Waals surface area contributed by atoms with Gasteiger partial charge in [0.25, 0.3) is 0 Å². The number of hydrogen-bond donors (Lipinski definition) is 2. The number of nitriles is 1. The highest BCUT2D eigenvalue weighted by atomic mass is 35.5. The smallest absolute Gasteiger partial charge is 0.224 e. The predicted molar refractivity (Wildman–Crippen MR) is 140 cm³/mol. The van der Waals surface area contributed by atoms with E-state index in [9.17, 15) is 19.6 Å². The minimum Gasteiger partial charge on any atom is -0.496 e. The molecule has 7 nitrogen and oxygen atoms in total. The highest BCUT2D eigenvalue weighted by Gasteiger charge is 2.35. The lowest BCUT2D eigenvalue weighted by Gasteiger charge is -2.20. The Bertz CT molecular complexity index is 1420. The van der Waals surface area contributed by atoms with Crippen molar-refractivity contribution in [2.75, 3.05) is 7.11 Å². The van der Waals surface area contributed by atoms with Crippen LogP contribution in [0.1, 0.15) is 59.6 Å². The quantitative estimate of drug-likeness (QED) is 0.362. The Kier molecular flexibility index (Phi) is 7.03.